The highest BCUT2D eigenvalue weighted by Crippen LogP contribution is 2.04. The van der Waals surface area contributed by atoms with Gasteiger partial charge in [0.1, 0.15) is 0 Å². The van der Waals surface area contributed by atoms with Gasteiger partial charge < -0.3 is 5.73 Å². The first-order valence-corrected chi connectivity index (χ1v) is 4.59. The monoisotopic (exact) mass is 227 g/mol. The minimum atomic E-state index is 0.727. The molecule has 1 atom stereocenters. The normalized spacial score (nSPS) is 13.9. The van der Waals surface area contributed by atoms with Crippen LogP contribution in [0.5, 0.6) is 0 Å². The van der Waals surface area contributed by atoms with E-state index in [4.69, 9.17) is 5.73 Å². The van der Waals surface area contributed by atoms with Crippen LogP contribution in [0.3, 0.4) is 0 Å². The van der Waals surface area contributed by atoms with Crippen molar-refractivity contribution in [2.24, 2.45) is 11.7 Å². The van der Waals surface area contributed by atoms with Crippen LogP contribution in [-0.2, 0) is 0 Å². The summed E-state index contributed by atoms with van der Waals surface area (Å²) < 4.78 is 1.27. The lowest BCUT2D eigenvalue weighted by Crippen LogP contribution is -2.10. The molecule has 0 saturated carbocycles. The van der Waals surface area contributed by atoms with E-state index in [0.717, 1.165) is 12.5 Å². The van der Waals surface area contributed by atoms with E-state index in [1.807, 2.05) is 0 Å². The van der Waals surface area contributed by atoms with Crippen molar-refractivity contribution < 1.29 is 0 Å². The Morgan fingerprint density at radius 3 is 2.62 bits per heavy atom. The Hall–Kier alpha value is 0.690. The van der Waals surface area contributed by atoms with E-state index in [0.29, 0.717) is 0 Å². The Bertz CT molecular complexity index is 47.8. The SMILES string of the molecule is CC(CN)CCCI. The molecular weight excluding hydrogens is 213 g/mol. The summed E-state index contributed by atoms with van der Waals surface area (Å²) in [5.74, 6) is 0.727. The van der Waals surface area contributed by atoms with Gasteiger partial charge in [-0.3, -0.25) is 0 Å². The molecule has 50 valence electrons. The molecule has 0 aliphatic heterocycles. The first-order valence-electron chi connectivity index (χ1n) is 3.07. The van der Waals surface area contributed by atoms with E-state index in [1.165, 1.54) is 17.3 Å². The van der Waals surface area contributed by atoms with Gasteiger partial charge in [-0.05, 0) is 29.7 Å². The van der Waals surface area contributed by atoms with Crippen LogP contribution in [0.15, 0.2) is 0 Å². The van der Waals surface area contributed by atoms with E-state index < -0.39 is 0 Å². The summed E-state index contributed by atoms with van der Waals surface area (Å²) in [5.41, 5.74) is 5.41. The van der Waals surface area contributed by atoms with Crippen LogP contribution in [0.4, 0.5) is 0 Å². The van der Waals surface area contributed by atoms with Gasteiger partial charge in [0.25, 0.3) is 0 Å². The molecule has 0 bridgehead atoms. The maximum absolute atomic E-state index is 5.41. The Kier molecular flexibility index (Phi) is 6.32. The molecule has 8 heavy (non-hydrogen) atoms. The van der Waals surface area contributed by atoms with Gasteiger partial charge in [0.05, 0.1) is 0 Å². The van der Waals surface area contributed by atoms with Gasteiger partial charge in [0.15, 0.2) is 0 Å². The molecule has 1 nitrogen and oxygen atoms in total. The van der Waals surface area contributed by atoms with Crippen molar-refractivity contribution in [1.29, 1.82) is 0 Å². The number of alkyl halides is 1. The predicted molar refractivity (Wildman–Crippen MR) is 46.3 cm³/mol. The summed E-state index contributed by atoms with van der Waals surface area (Å²) in [6.07, 6.45) is 2.61. The van der Waals surface area contributed by atoms with Crippen molar-refractivity contribution in [3.8, 4) is 0 Å². The van der Waals surface area contributed by atoms with Gasteiger partial charge in [-0.2, -0.15) is 0 Å². The zero-order valence-electron chi connectivity index (χ0n) is 5.36. The molecule has 0 aliphatic carbocycles. The fraction of sp³-hybridized carbons (Fsp3) is 1.00. The number of hydrogen-bond acceptors (Lipinski definition) is 1. The van der Waals surface area contributed by atoms with Crippen molar-refractivity contribution in [1.82, 2.24) is 0 Å². The first kappa shape index (κ1) is 8.69. The molecule has 0 heterocycles. The number of hydrogen-bond donors (Lipinski definition) is 1. The van der Waals surface area contributed by atoms with Gasteiger partial charge >= 0.3 is 0 Å². The molecule has 0 amide bonds. The van der Waals surface area contributed by atoms with E-state index in [1.54, 1.807) is 0 Å². The molecule has 0 aromatic rings. The quantitative estimate of drug-likeness (QED) is 0.575. The second-order valence-electron chi connectivity index (χ2n) is 2.17. The van der Waals surface area contributed by atoms with Crippen LogP contribution in [-0.4, -0.2) is 11.0 Å². The van der Waals surface area contributed by atoms with Crippen molar-refractivity contribution in [3.63, 3.8) is 0 Å². The van der Waals surface area contributed by atoms with Crippen LogP contribution < -0.4 is 5.73 Å². The molecule has 0 fully saturated rings. The predicted octanol–water partition coefficient (Wildman–Crippen LogP) is 1.80. The zero-order chi connectivity index (χ0) is 6.41. The molecule has 0 aromatic heterocycles. The summed E-state index contributed by atoms with van der Waals surface area (Å²) in [5, 5.41) is 0. The first-order chi connectivity index (χ1) is 3.81. The summed E-state index contributed by atoms with van der Waals surface area (Å²) in [7, 11) is 0. The molecule has 0 rings (SSSR count). The lowest BCUT2D eigenvalue weighted by atomic mass is 10.1. The minimum Gasteiger partial charge on any atom is -0.330 e. The van der Waals surface area contributed by atoms with Crippen LogP contribution in [0.2, 0.25) is 0 Å². The molecule has 0 aliphatic rings. The van der Waals surface area contributed by atoms with Crippen LogP contribution >= 0.6 is 22.6 Å². The lowest BCUT2D eigenvalue weighted by molar-refractivity contribution is 0.540. The van der Waals surface area contributed by atoms with Gasteiger partial charge in [-0.15, -0.1) is 0 Å². The Labute approximate surface area is 65.2 Å². The molecular formula is C6H14IN. The van der Waals surface area contributed by atoms with Gasteiger partial charge in [-0.1, -0.05) is 29.5 Å². The van der Waals surface area contributed by atoms with Crippen molar-refractivity contribution in [2.75, 3.05) is 11.0 Å². The van der Waals surface area contributed by atoms with Crippen LogP contribution in [0.1, 0.15) is 19.8 Å². The van der Waals surface area contributed by atoms with Crippen LogP contribution in [0.25, 0.3) is 0 Å². The van der Waals surface area contributed by atoms with E-state index in [9.17, 15) is 0 Å². The summed E-state index contributed by atoms with van der Waals surface area (Å²) in [4.78, 5) is 0. The summed E-state index contributed by atoms with van der Waals surface area (Å²) in [6.45, 7) is 3.04. The van der Waals surface area contributed by atoms with Gasteiger partial charge in [0.2, 0.25) is 0 Å². The fourth-order valence-electron chi connectivity index (χ4n) is 0.543. The number of nitrogens with two attached hydrogens (primary N) is 1. The molecule has 0 aromatic carbocycles. The molecule has 0 saturated heterocycles. The molecule has 2 N–H and O–H groups in total. The van der Waals surface area contributed by atoms with Crippen molar-refractivity contribution >= 4 is 22.6 Å². The van der Waals surface area contributed by atoms with Gasteiger partial charge in [-0.25, -0.2) is 0 Å². The summed E-state index contributed by atoms with van der Waals surface area (Å²) in [6, 6.07) is 0. The second-order valence-corrected chi connectivity index (χ2v) is 3.25. The third-order valence-corrected chi connectivity index (χ3v) is 2.00. The Morgan fingerprint density at radius 1 is 1.62 bits per heavy atom. The topological polar surface area (TPSA) is 26.0 Å². The smallest absolute Gasteiger partial charge is 0.000462 e. The highest BCUT2D eigenvalue weighted by Gasteiger charge is 1.95. The average Bonchev–Trinajstić information content (AvgIpc) is 1.83. The maximum atomic E-state index is 5.41. The van der Waals surface area contributed by atoms with Crippen molar-refractivity contribution in [3.05, 3.63) is 0 Å². The molecule has 0 spiro atoms. The van der Waals surface area contributed by atoms with E-state index >= 15 is 0 Å². The van der Waals surface area contributed by atoms with Crippen molar-refractivity contribution in [2.45, 2.75) is 19.8 Å². The number of rotatable bonds is 4. The zero-order valence-corrected chi connectivity index (χ0v) is 7.52. The Balaban J connectivity index is 2.86. The maximum Gasteiger partial charge on any atom is -0.000462 e. The van der Waals surface area contributed by atoms with E-state index in [-0.39, 0.29) is 0 Å². The summed E-state index contributed by atoms with van der Waals surface area (Å²) >= 11 is 2.40. The Morgan fingerprint density at radius 2 is 2.25 bits per heavy atom. The third-order valence-electron chi connectivity index (χ3n) is 1.23. The fourth-order valence-corrected chi connectivity index (χ4v) is 0.984. The van der Waals surface area contributed by atoms with Gasteiger partial charge in [0, 0.05) is 0 Å². The number of halogens is 1. The standard InChI is InChI=1S/C6H14IN/c1-6(5-8)3-2-4-7/h6H,2-5,8H2,1H3. The third kappa shape index (κ3) is 4.84. The van der Waals surface area contributed by atoms with Crippen LogP contribution in [0, 0.1) is 5.92 Å². The lowest BCUT2D eigenvalue weighted by Gasteiger charge is -2.04. The molecule has 2 heteroatoms. The largest absolute Gasteiger partial charge is 0.330 e. The molecule has 0 radical (unpaired) electrons. The minimum absolute atomic E-state index is 0.727. The highest BCUT2D eigenvalue weighted by atomic mass is 127. The highest BCUT2D eigenvalue weighted by molar-refractivity contribution is 14.1. The van der Waals surface area contributed by atoms with E-state index in [2.05, 4.69) is 29.5 Å². The second kappa shape index (κ2) is 5.82. The average molecular weight is 227 g/mol. The molecule has 1 unspecified atom stereocenters.